The number of aryl methyl sites for hydroxylation is 1. The standard InChI is InChI=1S/C31H40/c1-21-14-23(22-12-11-13-26(17-22)29(2,3)4)16-24(15-21)25-18-27(30(5,6)7)20-28(19-25)31(8,9)10/h11-20H,1-10H3. The van der Waals surface area contributed by atoms with E-state index in [0.29, 0.717) is 0 Å². The maximum absolute atomic E-state index is 2.40. The SMILES string of the molecule is Cc1cc(-c2cccc(C(C)(C)C)c2)cc(-c2cc(C(C)(C)C)cc(C(C)(C)C)c2)c1. The third kappa shape index (κ3) is 5.48. The first-order chi connectivity index (χ1) is 14.1. The van der Waals surface area contributed by atoms with Crippen molar-refractivity contribution in [3.8, 4) is 22.3 Å². The molecular weight excluding hydrogens is 372 g/mol. The second-order valence-corrected chi connectivity index (χ2v) is 12.2. The van der Waals surface area contributed by atoms with Gasteiger partial charge in [0.25, 0.3) is 0 Å². The molecule has 0 saturated carbocycles. The summed E-state index contributed by atoms with van der Waals surface area (Å²) in [5.41, 5.74) is 11.0. The van der Waals surface area contributed by atoms with Gasteiger partial charge < -0.3 is 0 Å². The van der Waals surface area contributed by atoms with Gasteiger partial charge in [0.05, 0.1) is 0 Å². The van der Waals surface area contributed by atoms with Crippen molar-refractivity contribution in [1.29, 1.82) is 0 Å². The van der Waals surface area contributed by atoms with E-state index in [1.54, 1.807) is 0 Å². The van der Waals surface area contributed by atoms with Crippen LogP contribution in [0.15, 0.2) is 60.7 Å². The van der Waals surface area contributed by atoms with Gasteiger partial charge >= 0.3 is 0 Å². The van der Waals surface area contributed by atoms with E-state index in [0.717, 1.165) is 0 Å². The Morgan fingerprint density at radius 3 is 1.32 bits per heavy atom. The van der Waals surface area contributed by atoms with Crippen LogP contribution in [-0.2, 0) is 16.2 Å². The van der Waals surface area contributed by atoms with E-state index < -0.39 is 0 Å². The smallest absolute Gasteiger partial charge is 0.0132 e. The summed E-state index contributed by atoms with van der Waals surface area (Å²) in [5.74, 6) is 0. The molecule has 0 unspecified atom stereocenters. The van der Waals surface area contributed by atoms with E-state index in [1.807, 2.05) is 0 Å². The van der Waals surface area contributed by atoms with Crippen molar-refractivity contribution in [3.63, 3.8) is 0 Å². The van der Waals surface area contributed by atoms with Crippen molar-refractivity contribution in [3.05, 3.63) is 82.9 Å². The molecule has 0 heterocycles. The summed E-state index contributed by atoms with van der Waals surface area (Å²) in [6.07, 6.45) is 0. The zero-order valence-corrected chi connectivity index (χ0v) is 21.3. The Morgan fingerprint density at radius 2 is 0.839 bits per heavy atom. The van der Waals surface area contributed by atoms with Crippen LogP contribution in [0.5, 0.6) is 0 Å². The second kappa shape index (κ2) is 7.97. The molecule has 0 fully saturated rings. The number of benzene rings is 3. The lowest BCUT2D eigenvalue weighted by Crippen LogP contribution is -2.16. The van der Waals surface area contributed by atoms with Gasteiger partial charge in [-0.2, -0.15) is 0 Å². The Labute approximate surface area is 190 Å². The number of hydrogen-bond acceptors (Lipinski definition) is 0. The van der Waals surface area contributed by atoms with Gasteiger partial charge in [-0.25, -0.2) is 0 Å². The van der Waals surface area contributed by atoms with Crippen molar-refractivity contribution in [2.75, 3.05) is 0 Å². The molecule has 0 bridgehead atoms. The largest absolute Gasteiger partial charge is 0.0614 e. The zero-order valence-electron chi connectivity index (χ0n) is 21.3. The highest BCUT2D eigenvalue weighted by Gasteiger charge is 2.21. The molecule has 0 N–H and O–H groups in total. The van der Waals surface area contributed by atoms with Crippen LogP contribution in [0.25, 0.3) is 22.3 Å². The molecule has 0 aromatic heterocycles. The Balaban J connectivity index is 2.19. The van der Waals surface area contributed by atoms with Crippen molar-refractivity contribution in [1.82, 2.24) is 0 Å². The van der Waals surface area contributed by atoms with Crippen LogP contribution in [-0.4, -0.2) is 0 Å². The maximum atomic E-state index is 2.40. The highest BCUT2D eigenvalue weighted by molar-refractivity contribution is 5.75. The molecule has 0 nitrogen and oxygen atoms in total. The van der Waals surface area contributed by atoms with Crippen LogP contribution >= 0.6 is 0 Å². The average molecular weight is 413 g/mol. The predicted octanol–water partition coefficient (Wildman–Crippen LogP) is 9.22. The number of hydrogen-bond donors (Lipinski definition) is 0. The summed E-state index contributed by atoms with van der Waals surface area (Å²) in [6.45, 7) is 22.9. The Kier molecular flexibility index (Phi) is 6.00. The minimum absolute atomic E-state index is 0.115. The zero-order chi connectivity index (χ0) is 23.2. The predicted molar refractivity (Wildman–Crippen MR) is 138 cm³/mol. The Hall–Kier alpha value is -2.34. The van der Waals surface area contributed by atoms with Gasteiger partial charge in [-0.05, 0) is 73.7 Å². The third-order valence-corrected chi connectivity index (χ3v) is 6.14. The molecule has 0 heteroatoms. The van der Waals surface area contributed by atoms with Crippen LogP contribution in [0.3, 0.4) is 0 Å². The topological polar surface area (TPSA) is 0 Å². The average Bonchev–Trinajstić information content (AvgIpc) is 2.65. The van der Waals surface area contributed by atoms with E-state index in [1.165, 1.54) is 44.5 Å². The third-order valence-electron chi connectivity index (χ3n) is 6.14. The molecule has 0 amide bonds. The van der Waals surface area contributed by atoms with Gasteiger partial charge in [-0.3, -0.25) is 0 Å². The molecule has 31 heavy (non-hydrogen) atoms. The molecule has 0 spiro atoms. The van der Waals surface area contributed by atoms with Crippen LogP contribution in [0, 0.1) is 6.92 Å². The first-order valence-electron chi connectivity index (χ1n) is 11.5. The fraction of sp³-hybridized carbons (Fsp3) is 0.419. The summed E-state index contributed by atoms with van der Waals surface area (Å²) < 4.78 is 0. The highest BCUT2D eigenvalue weighted by atomic mass is 14.3. The lowest BCUT2D eigenvalue weighted by Gasteiger charge is -2.26. The van der Waals surface area contributed by atoms with Gasteiger partial charge in [-0.15, -0.1) is 0 Å². The van der Waals surface area contributed by atoms with Crippen LogP contribution in [0.2, 0.25) is 0 Å². The summed E-state index contributed by atoms with van der Waals surface area (Å²) >= 11 is 0. The minimum atomic E-state index is 0.115. The first kappa shape index (κ1) is 23.3. The Morgan fingerprint density at radius 1 is 0.419 bits per heavy atom. The van der Waals surface area contributed by atoms with Crippen molar-refractivity contribution >= 4 is 0 Å². The number of rotatable bonds is 2. The van der Waals surface area contributed by atoms with Gasteiger partial charge in [0.15, 0.2) is 0 Å². The quantitative estimate of drug-likeness (QED) is 0.393. The van der Waals surface area contributed by atoms with E-state index in [9.17, 15) is 0 Å². The van der Waals surface area contributed by atoms with E-state index in [-0.39, 0.29) is 16.2 Å². The van der Waals surface area contributed by atoms with Crippen LogP contribution in [0.4, 0.5) is 0 Å². The van der Waals surface area contributed by atoms with Crippen molar-refractivity contribution < 1.29 is 0 Å². The monoisotopic (exact) mass is 412 g/mol. The molecule has 3 rings (SSSR count). The van der Waals surface area contributed by atoms with Crippen LogP contribution in [0.1, 0.15) is 84.6 Å². The minimum Gasteiger partial charge on any atom is -0.0614 e. The second-order valence-electron chi connectivity index (χ2n) is 12.2. The summed E-state index contributed by atoms with van der Waals surface area (Å²) in [4.78, 5) is 0. The lowest BCUT2D eigenvalue weighted by molar-refractivity contribution is 0.569. The van der Waals surface area contributed by atoms with Crippen LogP contribution < -0.4 is 0 Å². The highest BCUT2D eigenvalue weighted by Crippen LogP contribution is 2.36. The fourth-order valence-electron chi connectivity index (χ4n) is 3.94. The Bertz CT molecular complexity index is 1040. The van der Waals surface area contributed by atoms with Gasteiger partial charge in [-0.1, -0.05) is 117 Å². The maximum Gasteiger partial charge on any atom is -0.0132 e. The summed E-state index contributed by atoms with van der Waals surface area (Å²) in [6, 6.07) is 23.2. The molecule has 0 aliphatic rings. The molecule has 3 aromatic carbocycles. The van der Waals surface area contributed by atoms with Gasteiger partial charge in [0.2, 0.25) is 0 Å². The van der Waals surface area contributed by atoms with E-state index >= 15 is 0 Å². The molecule has 0 atom stereocenters. The molecule has 0 aliphatic carbocycles. The van der Waals surface area contributed by atoms with Crippen molar-refractivity contribution in [2.24, 2.45) is 0 Å². The lowest BCUT2D eigenvalue weighted by atomic mass is 9.78. The normalized spacial score (nSPS) is 12.8. The van der Waals surface area contributed by atoms with Gasteiger partial charge in [0, 0.05) is 0 Å². The van der Waals surface area contributed by atoms with Crippen molar-refractivity contribution in [2.45, 2.75) is 85.5 Å². The van der Waals surface area contributed by atoms with Gasteiger partial charge in [0.1, 0.15) is 0 Å². The first-order valence-corrected chi connectivity index (χ1v) is 11.5. The summed E-state index contributed by atoms with van der Waals surface area (Å²) in [5, 5.41) is 0. The molecular formula is C31H40. The molecule has 0 aliphatic heterocycles. The van der Waals surface area contributed by atoms with E-state index in [2.05, 4.69) is 130 Å². The molecule has 0 radical (unpaired) electrons. The molecule has 3 aromatic rings. The fourth-order valence-corrected chi connectivity index (χ4v) is 3.94. The molecule has 0 saturated heterocycles. The summed E-state index contributed by atoms with van der Waals surface area (Å²) in [7, 11) is 0. The molecule has 164 valence electrons. The van der Waals surface area contributed by atoms with E-state index in [4.69, 9.17) is 0 Å².